The highest BCUT2D eigenvalue weighted by Crippen LogP contribution is 2.28. The van der Waals surface area contributed by atoms with E-state index in [1.807, 2.05) is 56.4 Å². The van der Waals surface area contributed by atoms with Crippen molar-refractivity contribution in [2.45, 2.75) is 32.9 Å². The zero-order valence-corrected chi connectivity index (χ0v) is 20.3. The van der Waals surface area contributed by atoms with Gasteiger partial charge in [0.2, 0.25) is 17.6 Å². The van der Waals surface area contributed by atoms with Gasteiger partial charge in [0, 0.05) is 25.1 Å². The fourth-order valence-corrected chi connectivity index (χ4v) is 4.39. The van der Waals surface area contributed by atoms with E-state index < -0.39 is 0 Å². The summed E-state index contributed by atoms with van der Waals surface area (Å²) in [6.45, 7) is 4.82. The number of piperidine rings is 1. The molecule has 8 heteroatoms. The second kappa shape index (κ2) is 10.7. The molecule has 1 aromatic heterocycles. The first-order valence-electron chi connectivity index (χ1n) is 11.5. The van der Waals surface area contributed by atoms with Gasteiger partial charge in [0.1, 0.15) is 0 Å². The van der Waals surface area contributed by atoms with Crippen molar-refractivity contribution in [1.82, 2.24) is 19.9 Å². The Morgan fingerprint density at radius 2 is 1.88 bits per heavy atom. The van der Waals surface area contributed by atoms with Crippen LogP contribution in [0.2, 0.25) is 0 Å². The molecule has 1 aliphatic heterocycles. The number of aromatic nitrogens is 2. The highest BCUT2D eigenvalue weighted by molar-refractivity contribution is 5.78. The summed E-state index contributed by atoms with van der Waals surface area (Å²) < 4.78 is 16.1. The van der Waals surface area contributed by atoms with Crippen LogP contribution < -0.4 is 9.47 Å². The predicted molar refractivity (Wildman–Crippen MR) is 128 cm³/mol. The third-order valence-electron chi connectivity index (χ3n) is 6.28. The molecule has 180 valence electrons. The van der Waals surface area contributed by atoms with E-state index >= 15 is 0 Å². The largest absolute Gasteiger partial charge is 0.493 e. The van der Waals surface area contributed by atoms with Gasteiger partial charge in [0.25, 0.3) is 0 Å². The van der Waals surface area contributed by atoms with Gasteiger partial charge in [-0.2, -0.15) is 4.98 Å². The Morgan fingerprint density at radius 1 is 1.12 bits per heavy atom. The number of carbonyl (C=O) groups excluding carboxylic acids is 1. The molecule has 0 atom stereocenters. The van der Waals surface area contributed by atoms with Crippen LogP contribution in [0.4, 0.5) is 0 Å². The number of nitrogens with zero attached hydrogens (tertiary/aromatic N) is 4. The van der Waals surface area contributed by atoms with Crippen LogP contribution in [-0.4, -0.2) is 60.2 Å². The van der Waals surface area contributed by atoms with Gasteiger partial charge >= 0.3 is 0 Å². The quantitative estimate of drug-likeness (QED) is 0.500. The number of hydrogen-bond acceptors (Lipinski definition) is 7. The number of methoxy groups -OCH3 is 2. The summed E-state index contributed by atoms with van der Waals surface area (Å²) in [5.74, 6) is 2.76. The van der Waals surface area contributed by atoms with Crippen molar-refractivity contribution >= 4 is 5.91 Å². The van der Waals surface area contributed by atoms with Crippen LogP contribution >= 0.6 is 0 Å². The molecule has 4 rings (SSSR count). The molecule has 0 spiro atoms. The van der Waals surface area contributed by atoms with Crippen molar-refractivity contribution in [2.24, 2.45) is 5.92 Å². The highest BCUT2D eigenvalue weighted by Gasteiger charge is 2.28. The molecule has 0 saturated carbocycles. The average Bonchev–Trinajstić information content (AvgIpc) is 3.32. The van der Waals surface area contributed by atoms with Crippen molar-refractivity contribution in [3.63, 3.8) is 0 Å². The molecular formula is C26H32N4O4. The van der Waals surface area contributed by atoms with E-state index in [2.05, 4.69) is 15.0 Å². The van der Waals surface area contributed by atoms with Crippen LogP contribution in [-0.2, 0) is 17.9 Å². The maximum Gasteiger partial charge on any atom is 0.241 e. The molecule has 3 aromatic rings. The second-order valence-corrected chi connectivity index (χ2v) is 8.82. The minimum atomic E-state index is 0.0203. The van der Waals surface area contributed by atoms with Gasteiger partial charge in [0.05, 0.1) is 20.8 Å². The van der Waals surface area contributed by atoms with Gasteiger partial charge in [-0.25, -0.2) is 0 Å². The Morgan fingerprint density at radius 3 is 2.59 bits per heavy atom. The van der Waals surface area contributed by atoms with Gasteiger partial charge in [-0.3, -0.25) is 9.69 Å². The summed E-state index contributed by atoms with van der Waals surface area (Å²) in [5, 5.41) is 4.13. The molecule has 1 fully saturated rings. The monoisotopic (exact) mass is 464 g/mol. The summed E-state index contributed by atoms with van der Waals surface area (Å²) in [4.78, 5) is 21.7. The first kappa shape index (κ1) is 23.8. The SMILES string of the molecule is COc1ccc(CN(C)C(=O)C2CCN(Cc3nc(-c4cccc(C)c4)no3)CC2)cc1OC. The standard InChI is InChI=1S/C26H32N4O4/c1-18-6-5-7-21(14-18)25-27-24(34-28-25)17-30-12-10-20(11-13-30)26(31)29(2)16-19-8-9-22(32-3)23(15-19)33-4/h5-9,14-15,20H,10-13,16-17H2,1-4H3. The zero-order chi connectivity index (χ0) is 24.1. The number of benzene rings is 2. The third-order valence-corrected chi connectivity index (χ3v) is 6.28. The fourth-order valence-electron chi connectivity index (χ4n) is 4.39. The second-order valence-electron chi connectivity index (χ2n) is 8.82. The van der Waals surface area contributed by atoms with E-state index in [1.165, 1.54) is 0 Å². The predicted octanol–water partition coefficient (Wildman–Crippen LogP) is 3.93. The third kappa shape index (κ3) is 5.56. The van der Waals surface area contributed by atoms with Crippen molar-refractivity contribution in [3.05, 3.63) is 59.5 Å². The van der Waals surface area contributed by atoms with Crippen molar-refractivity contribution in [3.8, 4) is 22.9 Å². The van der Waals surface area contributed by atoms with E-state index in [9.17, 15) is 4.79 Å². The maximum absolute atomic E-state index is 13.0. The highest BCUT2D eigenvalue weighted by atomic mass is 16.5. The van der Waals surface area contributed by atoms with Gasteiger partial charge in [0.15, 0.2) is 11.5 Å². The van der Waals surface area contributed by atoms with E-state index in [4.69, 9.17) is 14.0 Å². The van der Waals surface area contributed by atoms with E-state index in [0.717, 1.165) is 42.6 Å². The van der Waals surface area contributed by atoms with Gasteiger partial charge in [-0.05, 0) is 56.6 Å². The number of amides is 1. The van der Waals surface area contributed by atoms with Crippen LogP contribution in [0.1, 0.15) is 29.9 Å². The number of hydrogen-bond donors (Lipinski definition) is 0. The molecule has 0 radical (unpaired) electrons. The topological polar surface area (TPSA) is 80.9 Å². The lowest BCUT2D eigenvalue weighted by Crippen LogP contribution is -2.40. The molecule has 0 unspecified atom stereocenters. The van der Waals surface area contributed by atoms with Crippen molar-refractivity contribution < 1.29 is 18.8 Å². The Bertz CT molecular complexity index is 1120. The number of ether oxygens (including phenoxy) is 2. The number of carbonyl (C=O) groups is 1. The summed E-state index contributed by atoms with van der Waals surface area (Å²) in [5.41, 5.74) is 3.12. The average molecular weight is 465 g/mol. The van der Waals surface area contributed by atoms with Crippen LogP contribution in [0.25, 0.3) is 11.4 Å². The molecule has 1 amide bonds. The summed E-state index contributed by atoms with van der Waals surface area (Å²) in [7, 11) is 5.08. The summed E-state index contributed by atoms with van der Waals surface area (Å²) in [6, 6.07) is 13.8. The van der Waals surface area contributed by atoms with E-state index in [-0.39, 0.29) is 11.8 Å². The van der Waals surface area contributed by atoms with Gasteiger partial charge in [-0.15, -0.1) is 0 Å². The lowest BCUT2D eigenvalue weighted by molar-refractivity contribution is -0.136. The Labute approximate surface area is 200 Å². The summed E-state index contributed by atoms with van der Waals surface area (Å²) >= 11 is 0. The minimum Gasteiger partial charge on any atom is -0.493 e. The lowest BCUT2D eigenvalue weighted by atomic mass is 9.95. The van der Waals surface area contributed by atoms with Gasteiger partial charge in [-0.1, -0.05) is 35.0 Å². The molecule has 8 nitrogen and oxygen atoms in total. The molecule has 2 aromatic carbocycles. The Balaban J connectivity index is 1.28. The molecule has 34 heavy (non-hydrogen) atoms. The fraction of sp³-hybridized carbons (Fsp3) is 0.423. The number of rotatable bonds is 8. The minimum absolute atomic E-state index is 0.0203. The smallest absolute Gasteiger partial charge is 0.241 e. The molecule has 0 N–H and O–H groups in total. The van der Waals surface area contributed by atoms with E-state index in [1.54, 1.807) is 19.1 Å². The van der Waals surface area contributed by atoms with Gasteiger partial charge < -0.3 is 18.9 Å². The first-order chi connectivity index (χ1) is 16.5. The van der Waals surface area contributed by atoms with Crippen molar-refractivity contribution in [1.29, 1.82) is 0 Å². The molecular weight excluding hydrogens is 432 g/mol. The van der Waals surface area contributed by atoms with E-state index in [0.29, 0.717) is 36.3 Å². The van der Waals surface area contributed by atoms with Crippen LogP contribution in [0, 0.1) is 12.8 Å². The van der Waals surface area contributed by atoms with Crippen LogP contribution in [0.15, 0.2) is 47.0 Å². The Kier molecular flexibility index (Phi) is 7.47. The lowest BCUT2D eigenvalue weighted by Gasteiger charge is -2.32. The summed E-state index contributed by atoms with van der Waals surface area (Å²) in [6.07, 6.45) is 1.63. The Hall–Kier alpha value is -3.39. The number of likely N-dealkylation sites (tertiary alicyclic amines) is 1. The zero-order valence-electron chi connectivity index (χ0n) is 20.3. The molecule has 1 aliphatic rings. The normalized spacial score (nSPS) is 14.7. The van der Waals surface area contributed by atoms with Crippen molar-refractivity contribution in [2.75, 3.05) is 34.4 Å². The molecule has 0 bridgehead atoms. The van der Waals surface area contributed by atoms with Crippen LogP contribution in [0.5, 0.6) is 11.5 Å². The number of aryl methyl sites for hydroxylation is 1. The molecule has 1 saturated heterocycles. The maximum atomic E-state index is 13.0. The first-order valence-corrected chi connectivity index (χ1v) is 11.5. The molecule has 2 heterocycles. The molecule has 0 aliphatic carbocycles. The van der Waals surface area contributed by atoms with Crippen LogP contribution in [0.3, 0.4) is 0 Å².